The molecular formula is C16H23NO5. The fraction of sp³-hybridized carbons (Fsp3) is 0.625. The van der Waals surface area contributed by atoms with Crippen LogP contribution in [0.4, 0.5) is 0 Å². The van der Waals surface area contributed by atoms with Crippen LogP contribution < -0.4 is 0 Å². The molecule has 0 spiro atoms. The maximum atomic E-state index is 12.7. The van der Waals surface area contributed by atoms with Crippen molar-refractivity contribution in [1.29, 1.82) is 0 Å². The van der Waals surface area contributed by atoms with E-state index in [4.69, 9.17) is 9.15 Å². The average Bonchev–Trinajstić information content (AvgIpc) is 2.83. The lowest BCUT2D eigenvalue weighted by Gasteiger charge is -2.39. The molecule has 2 rings (SSSR count). The number of ether oxygens (including phenoxy) is 1. The number of carbonyl (C=O) groups excluding carboxylic acids is 1. The predicted octanol–water partition coefficient (Wildman–Crippen LogP) is 2.24. The van der Waals surface area contributed by atoms with Gasteiger partial charge >= 0.3 is 5.97 Å². The fourth-order valence-electron chi connectivity index (χ4n) is 3.10. The predicted molar refractivity (Wildman–Crippen MR) is 79.9 cm³/mol. The molecule has 1 N–H and O–H groups in total. The Balaban J connectivity index is 2.20. The van der Waals surface area contributed by atoms with Gasteiger partial charge in [-0.25, -0.2) is 0 Å². The van der Waals surface area contributed by atoms with Crippen LogP contribution in [-0.4, -0.2) is 48.7 Å². The van der Waals surface area contributed by atoms with Crippen LogP contribution in [0, 0.1) is 19.3 Å². The molecule has 1 atom stereocenters. The summed E-state index contributed by atoms with van der Waals surface area (Å²) in [6, 6.07) is 1.71. The number of carboxylic acid groups (broad SMARTS) is 1. The van der Waals surface area contributed by atoms with Gasteiger partial charge in [-0.3, -0.25) is 9.59 Å². The van der Waals surface area contributed by atoms with Crippen molar-refractivity contribution in [3.63, 3.8) is 0 Å². The van der Waals surface area contributed by atoms with E-state index < -0.39 is 11.4 Å². The molecule has 1 aliphatic heterocycles. The number of hydrogen-bond acceptors (Lipinski definition) is 4. The van der Waals surface area contributed by atoms with E-state index in [9.17, 15) is 14.7 Å². The Morgan fingerprint density at radius 2 is 2.18 bits per heavy atom. The van der Waals surface area contributed by atoms with Crippen LogP contribution in [0.15, 0.2) is 10.5 Å². The third-order valence-corrected chi connectivity index (χ3v) is 4.37. The molecule has 1 amide bonds. The van der Waals surface area contributed by atoms with Gasteiger partial charge < -0.3 is 19.2 Å². The van der Waals surface area contributed by atoms with E-state index in [1.807, 2.05) is 0 Å². The van der Waals surface area contributed by atoms with E-state index in [0.29, 0.717) is 49.5 Å². The third kappa shape index (κ3) is 3.16. The summed E-state index contributed by atoms with van der Waals surface area (Å²) in [5.41, 5.74) is -0.401. The van der Waals surface area contributed by atoms with Gasteiger partial charge in [0.2, 0.25) is 0 Å². The number of piperidine rings is 1. The van der Waals surface area contributed by atoms with Crippen molar-refractivity contribution in [2.45, 2.75) is 33.1 Å². The first-order chi connectivity index (χ1) is 10.4. The summed E-state index contributed by atoms with van der Waals surface area (Å²) in [6.07, 6.45) is 1.66. The first-order valence-corrected chi connectivity index (χ1v) is 7.48. The molecule has 1 aromatic rings. The summed E-state index contributed by atoms with van der Waals surface area (Å²) in [6.45, 7) is 4.70. The molecular weight excluding hydrogens is 286 g/mol. The molecule has 22 heavy (non-hydrogen) atoms. The van der Waals surface area contributed by atoms with Crippen molar-refractivity contribution in [1.82, 2.24) is 4.90 Å². The number of aliphatic carboxylic acids is 1. The lowest BCUT2D eigenvalue weighted by Crippen LogP contribution is -2.50. The lowest BCUT2D eigenvalue weighted by molar-refractivity contribution is -0.153. The molecule has 0 saturated carbocycles. The van der Waals surface area contributed by atoms with Crippen LogP contribution in [0.1, 0.15) is 41.1 Å². The smallest absolute Gasteiger partial charge is 0.311 e. The van der Waals surface area contributed by atoms with Gasteiger partial charge in [0, 0.05) is 26.8 Å². The highest BCUT2D eigenvalue weighted by molar-refractivity contribution is 5.95. The molecule has 0 aromatic carbocycles. The topological polar surface area (TPSA) is 80.0 Å². The summed E-state index contributed by atoms with van der Waals surface area (Å²) < 4.78 is 10.4. The van der Waals surface area contributed by atoms with Gasteiger partial charge in [0.25, 0.3) is 5.91 Å². The number of nitrogens with zero attached hydrogens (tertiary/aromatic N) is 1. The van der Waals surface area contributed by atoms with E-state index in [1.54, 1.807) is 31.9 Å². The number of hydrogen-bond donors (Lipinski definition) is 1. The van der Waals surface area contributed by atoms with E-state index in [-0.39, 0.29) is 12.5 Å². The SMILES string of the molecule is COCC[C@]1(C(=O)O)CCCN(C(=O)c2cc(C)oc2C)C1. The molecule has 6 nitrogen and oxygen atoms in total. The lowest BCUT2D eigenvalue weighted by atomic mass is 9.77. The minimum Gasteiger partial charge on any atom is -0.481 e. The summed E-state index contributed by atoms with van der Waals surface area (Å²) in [4.78, 5) is 26.0. The molecule has 0 radical (unpaired) electrons. The van der Waals surface area contributed by atoms with Gasteiger partial charge in [0.15, 0.2) is 0 Å². The van der Waals surface area contributed by atoms with E-state index in [1.165, 1.54) is 0 Å². The first-order valence-electron chi connectivity index (χ1n) is 7.48. The molecule has 0 unspecified atom stereocenters. The number of carboxylic acids is 1. The van der Waals surface area contributed by atoms with Gasteiger partial charge in [0.05, 0.1) is 11.0 Å². The van der Waals surface area contributed by atoms with Crippen molar-refractivity contribution in [2.24, 2.45) is 5.41 Å². The zero-order valence-corrected chi connectivity index (χ0v) is 13.3. The summed E-state index contributed by atoms with van der Waals surface area (Å²) in [7, 11) is 1.55. The minimum absolute atomic E-state index is 0.155. The molecule has 1 saturated heterocycles. The summed E-state index contributed by atoms with van der Waals surface area (Å²) in [5.74, 6) is 0.242. The normalized spacial score (nSPS) is 21.9. The van der Waals surface area contributed by atoms with Crippen LogP contribution in [0.5, 0.6) is 0 Å². The van der Waals surface area contributed by atoms with Crippen molar-refractivity contribution in [3.05, 3.63) is 23.2 Å². The molecule has 0 bridgehead atoms. The van der Waals surface area contributed by atoms with Crippen molar-refractivity contribution >= 4 is 11.9 Å². The Morgan fingerprint density at radius 3 is 2.73 bits per heavy atom. The third-order valence-electron chi connectivity index (χ3n) is 4.37. The number of methoxy groups -OCH3 is 1. The maximum Gasteiger partial charge on any atom is 0.311 e. The second kappa shape index (κ2) is 6.52. The Hall–Kier alpha value is -1.82. The van der Waals surface area contributed by atoms with E-state index in [2.05, 4.69) is 0 Å². The van der Waals surface area contributed by atoms with E-state index in [0.717, 1.165) is 0 Å². The molecule has 1 fully saturated rings. The summed E-state index contributed by atoms with van der Waals surface area (Å²) in [5, 5.41) is 9.63. The largest absolute Gasteiger partial charge is 0.481 e. The average molecular weight is 309 g/mol. The standard InChI is InChI=1S/C16H23NO5/c1-11-9-13(12(2)22-11)14(18)17-7-4-5-16(10-17,15(19)20)6-8-21-3/h9H,4-8,10H2,1-3H3,(H,19,20)/t16-/m1/s1. The number of likely N-dealkylation sites (tertiary alicyclic amines) is 1. The maximum absolute atomic E-state index is 12.7. The molecule has 6 heteroatoms. The minimum atomic E-state index is -0.920. The van der Waals surface area contributed by atoms with Gasteiger partial charge in [-0.2, -0.15) is 0 Å². The Bertz CT molecular complexity index is 565. The van der Waals surface area contributed by atoms with Gasteiger partial charge in [-0.1, -0.05) is 0 Å². The van der Waals surface area contributed by atoms with Crippen LogP contribution in [0.3, 0.4) is 0 Å². The quantitative estimate of drug-likeness (QED) is 0.902. The van der Waals surface area contributed by atoms with Crippen LogP contribution in [-0.2, 0) is 9.53 Å². The molecule has 1 aliphatic rings. The molecule has 1 aromatic heterocycles. The zero-order chi connectivity index (χ0) is 16.3. The second-order valence-electron chi connectivity index (χ2n) is 5.99. The Morgan fingerprint density at radius 1 is 1.45 bits per heavy atom. The highest BCUT2D eigenvalue weighted by Gasteiger charge is 2.43. The number of carbonyl (C=O) groups is 2. The molecule has 2 heterocycles. The number of amides is 1. The highest BCUT2D eigenvalue weighted by atomic mass is 16.5. The number of rotatable bonds is 5. The van der Waals surface area contributed by atoms with Gasteiger partial charge in [-0.05, 0) is 39.2 Å². The van der Waals surface area contributed by atoms with Crippen molar-refractivity contribution in [3.8, 4) is 0 Å². The van der Waals surface area contributed by atoms with Crippen LogP contribution in [0.2, 0.25) is 0 Å². The monoisotopic (exact) mass is 309 g/mol. The Kier molecular flexibility index (Phi) is 4.90. The van der Waals surface area contributed by atoms with Gasteiger partial charge in [-0.15, -0.1) is 0 Å². The number of furan rings is 1. The fourth-order valence-corrected chi connectivity index (χ4v) is 3.10. The Labute approximate surface area is 130 Å². The van der Waals surface area contributed by atoms with Crippen LogP contribution in [0.25, 0.3) is 0 Å². The van der Waals surface area contributed by atoms with Crippen molar-refractivity contribution in [2.75, 3.05) is 26.8 Å². The van der Waals surface area contributed by atoms with Crippen LogP contribution >= 0.6 is 0 Å². The summed E-state index contributed by atoms with van der Waals surface area (Å²) >= 11 is 0. The first kappa shape index (κ1) is 16.5. The van der Waals surface area contributed by atoms with Crippen molar-refractivity contribution < 1.29 is 23.8 Å². The molecule has 0 aliphatic carbocycles. The van der Waals surface area contributed by atoms with E-state index >= 15 is 0 Å². The van der Waals surface area contributed by atoms with Gasteiger partial charge in [0.1, 0.15) is 11.5 Å². The number of aryl methyl sites for hydroxylation is 2. The zero-order valence-electron chi connectivity index (χ0n) is 13.3. The highest BCUT2D eigenvalue weighted by Crippen LogP contribution is 2.35. The second-order valence-corrected chi connectivity index (χ2v) is 5.99. The molecule has 122 valence electrons.